The Morgan fingerprint density at radius 1 is 1.47 bits per heavy atom. The van der Waals surface area contributed by atoms with Crippen LogP contribution in [0.25, 0.3) is 4.96 Å². The van der Waals surface area contributed by atoms with E-state index in [0.717, 1.165) is 23.7 Å². The zero-order valence-electron chi connectivity index (χ0n) is 11.2. The van der Waals surface area contributed by atoms with E-state index in [1.165, 1.54) is 28.7 Å². The minimum absolute atomic E-state index is 0.0768. The molecule has 6 heteroatoms. The summed E-state index contributed by atoms with van der Waals surface area (Å²) in [6.07, 6.45) is 3.52. The summed E-state index contributed by atoms with van der Waals surface area (Å²) in [6, 6.07) is 1.87. The molecule has 3 heterocycles. The number of nitrogens with zero attached hydrogens (tertiary/aromatic N) is 3. The van der Waals surface area contributed by atoms with Gasteiger partial charge in [0.2, 0.25) is 4.96 Å². The highest BCUT2D eigenvalue weighted by molar-refractivity contribution is 7.16. The number of aromatic nitrogens is 3. The lowest BCUT2D eigenvalue weighted by atomic mass is 10.1. The van der Waals surface area contributed by atoms with Crippen molar-refractivity contribution >= 4 is 16.3 Å². The molecule has 0 saturated carbocycles. The van der Waals surface area contributed by atoms with Crippen LogP contribution in [0.1, 0.15) is 55.8 Å². The molecule has 1 unspecified atom stereocenters. The lowest BCUT2D eigenvalue weighted by Gasteiger charge is -2.20. The average molecular weight is 278 g/mol. The van der Waals surface area contributed by atoms with E-state index in [-0.39, 0.29) is 17.5 Å². The van der Waals surface area contributed by atoms with E-state index in [1.54, 1.807) is 6.07 Å². The first-order valence-corrected chi connectivity index (χ1v) is 7.61. The molecule has 102 valence electrons. The van der Waals surface area contributed by atoms with Crippen molar-refractivity contribution in [3.8, 4) is 0 Å². The van der Waals surface area contributed by atoms with Crippen molar-refractivity contribution in [1.82, 2.24) is 19.9 Å². The number of rotatable bonds is 2. The fourth-order valence-corrected chi connectivity index (χ4v) is 3.36. The summed E-state index contributed by atoms with van der Waals surface area (Å²) in [6.45, 7) is 5.12. The van der Waals surface area contributed by atoms with Gasteiger partial charge in [-0.2, -0.15) is 9.61 Å². The molecule has 0 aromatic carbocycles. The van der Waals surface area contributed by atoms with Gasteiger partial charge in [0.05, 0.1) is 11.7 Å². The highest BCUT2D eigenvalue weighted by Crippen LogP contribution is 2.26. The fraction of sp³-hybridized carbons (Fsp3) is 0.615. The van der Waals surface area contributed by atoms with Crippen LogP contribution in [-0.4, -0.2) is 21.1 Å². The van der Waals surface area contributed by atoms with Crippen molar-refractivity contribution in [3.63, 3.8) is 0 Å². The van der Waals surface area contributed by atoms with Crippen LogP contribution >= 0.6 is 11.3 Å². The molecule has 19 heavy (non-hydrogen) atoms. The molecule has 5 nitrogen and oxygen atoms in total. The standard InChI is InChI=1S/C13H18N4OS/c1-8(2)10-7-11(18)17-13(15-10)19-12(16-17)9-5-3-4-6-14-9/h7-9,14H,3-6H2,1-2H3. The molecule has 0 aliphatic carbocycles. The summed E-state index contributed by atoms with van der Waals surface area (Å²) < 4.78 is 1.43. The summed E-state index contributed by atoms with van der Waals surface area (Å²) in [5.41, 5.74) is 0.767. The minimum atomic E-state index is -0.0768. The van der Waals surface area contributed by atoms with E-state index in [4.69, 9.17) is 0 Å². The third-order valence-electron chi connectivity index (χ3n) is 3.48. The molecule has 0 radical (unpaired) electrons. The predicted molar refractivity (Wildman–Crippen MR) is 75.8 cm³/mol. The van der Waals surface area contributed by atoms with Crippen LogP contribution in [-0.2, 0) is 0 Å². The Labute approximate surface area is 115 Å². The van der Waals surface area contributed by atoms with Gasteiger partial charge >= 0.3 is 0 Å². The zero-order valence-corrected chi connectivity index (χ0v) is 12.0. The molecule has 3 rings (SSSR count). The maximum Gasteiger partial charge on any atom is 0.275 e. The number of nitrogens with one attached hydrogen (secondary N) is 1. The molecular weight excluding hydrogens is 260 g/mol. The van der Waals surface area contributed by atoms with Crippen LogP contribution in [0.5, 0.6) is 0 Å². The monoisotopic (exact) mass is 278 g/mol. The second-order valence-electron chi connectivity index (χ2n) is 5.31. The van der Waals surface area contributed by atoms with Crippen LogP contribution < -0.4 is 10.9 Å². The molecule has 0 bridgehead atoms. The predicted octanol–water partition coefficient (Wildman–Crippen LogP) is 2.09. The SMILES string of the molecule is CC(C)c1cc(=O)n2nc(C3CCCCN3)sc2n1. The summed E-state index contributed by atoms with van der Waals surface area (Å²) in [5.74, 6) is 0.260. The van der Waals surface area contributed by atoms with Gasteiger partial charge in [0.25, 0.3) is 5.56 Å². The Bertz CT molecular complexity index is 640. The largest absolute Gasteiger partial charge is 0.308 e. The van der Waals surface area contributed by atoms with Crippen LogP contribution in [0.2, 0.25) is 0 Å². The Kier molecular flexibility index (Phi) is 3.36. The first-order valence-electron chi connectivity index (χ1n) is 6.79. The van der Waals surface area contributed by atoms with Crippen molar-refractivity contribution < 1.29 is 0 Å². The Morgan fingerprint density at radius 3 is 3.00 bits per heavy atom. The van der Waals surface area contributed by atoms with Crippen LogP contribution in [0.4, 0.5) is 0 Å². The number of hydrogen-bond acceptors (Lipinski definition) is 5. The van der Waals surface area contributed by atoms with E-state index in [1.807, 2.05) is 13.8 Å². The Morgan fingerprint density at radius 2 is 2.32 bits per heavy atom. The molecule has 1 aliphatic rings. The molecular formula is C13H18N4OS. The zero-order chi connectivity index (χ0) is 13.4. The molecule has 1 atom stereocenters. The molecule has 2 aromatic rings. The number of fused-ring (bicyclic) bond motifs is 1. The van der Waals surface area contributed by atoms with E-state index >= 15 is 0 Å². The van der Waals surface area contributed by atoms with Crippen molar-refractivity contribution in [2.75, 3.05) is 6.54 Å². The molecule has 1 saturated heterocycles. The van der Waals surface area contributed by atoms with E-state index in [0.29, 0.717) is 4.96 Å². The van der Waals surface area contributed by atoms with Gasteiger partial charge in [-0.3, -0.25) is 4.79 Å². The van der Waals surface area contributed by atoms with E-state index < -0.39 is 0 Å². The lowest BCUT2D eigenvalue weighted by Crippen LogP contribution is -2.27. The molecule has 0 spiro atoms. The molecule has 1 aliphatic heterocycles. The maximum absolute atomic E-state index is 12.0. The van der Waals surface area contributed by atoms with Crippen LogP contribution in [0, 0.1) is 0 Å². The first kappa shape index (κ1) is 12.7. The van der Waals surface area contributed by atoms with Crippen LogP contribution in [0.3, 0.4) is 0 Å². The van der Waals surface area contributed by atoms with Gasteiger partial charge in [-0.1, -0.05) is 31.6 Å². The summed E-state index contributed by atoms with van der Waals surface area (Å²) in [4.78, 5) is 17.3. The highest BCUT2D eigenvalue weighted by atomic mass is 32.1. The fourth-order valence-electron chi connectivity index (χ4n) is 2.34. The third-order valence-corrected chi connectivity index (χ3v) is 4.50. The highest BCUT2D eigenvalue weighted by Gasteiger charge is 2.20. The number of piperidine rings is 1. The summed E-state index contributed by atoms with van der Waals surface area (Å²) >= 11 is 1.53. The number of hydrogen-bond donors (Lipinski definition) is 1. The van der Waals surface area contributed by atoms with Crippen LogP contribution in [0.15, 0.2) is 10.9 Å². The quantitative estimate of drug-likeness (QED) is 0.914. The van der Waals surface area contributed by atoms with Gasteiger partial charge in [0.1, 0.15) is 5.01 Å². The van der Waals surface area contributed by atoms with Gasteiger partial charge < -0.3 is 5.32 Å². The van der Waals surface area contributed by atoms with Gasteiger partial charge in [0.15, 0.2) is 0 Å². The van der Waals surface area contributed by atoms with Crippen molar-refractivity contribution in [2.45, 2.75) is 45.1 Å². The maximum atomic E-state index is 12.0. The molecule has 1 N–H and O–H groups in total. The van der Waals surface area contributed by atoms with E-state index in [9.17, 15) is 4.79 Å². The second-order valence-corrected chi connectivity index (χ2v) is 6.30. The smallest absolute Gasteiger partial charge is 0.275 e. The van der Waals surface area contributed by atoms with Crippen molar-refractivity contribution in [2.24, 2.45) is 0 Å². The normalized spacial score (nSPS) is 20.3. The molecule has 1 fully saturated rings. The summed E-state index contributed by atoms with van der Waals surface area (Å²) in [5, 5.41) is 8.87. The summed E-state index contributed by atoms with van der Waals surface area (Å²) in [7, 11) is 0. The van der Waals surface area contributed by atoms with E-state index in [2.05, 4.69) is 15.4 Å². The Balaban J connectivity index is 2.04. The average Bonchev–Trinajstić information content (AvgIpc) is 2.84. The van der Waals surface area contributed by atoms with Gasteiger partial charge in [-0.25, -0.2) is 4.98 Å². The van der Waals surface area contributed by atoms with Gasteiger partial charge in [0, 0.05) is 6.07 Å². The van der Waals surface area contributed by atoms with Gasteiger partial charge in [-0.15, -0.1) is 0 Å². The topological polar surface area (TPSA) is 59.3 Å². The lowest BCUT2D eigenvalue weighted by molar-refractivity contribution is 0.408. The molecule has 0 amide bonds. The molecule has 2 aromatic heterocycles. The van der Waals surface area contributed by atoms with Crippen molar-refractivity contribution in [3.05, 3.63) is 27.1 Å². The minimum Gasteiger partial charge on any atom is -0.308 e. The Hall–Kier alpha value is -1.27. The first-order chi connectivity index (χ1) is 9.15. The third kappa shape index (κ3) is 2.42. The van der Waals surface area contributed by atoms with Gasteiger partial charge in [-0.05, 0) is 25.3 Å². The second kappa shape index (κ2) is 5.02. The van der Waals surface area contributed by atoms with Crippen molar-refractivity contribution in [1.29, 1.82) is 0 Å².